The van der Waals surface area contributed by atoms with Crippen molar-refractivity contribution in [2.45, 2.75) is 39.2 Å². The minimum absolute atomic E-state index is 0.101. The lowest BCUT2D eigenvalue weighted by atomic mass is 9.96. The predicted octanol–water partition coefficient (Wildman–Crippen LogP) is 2.39. The zero-order valence-electron chi connectivity index (χ0n) is 17.6. The zero-order valence-corrected chi connectivity index (χ0v) is 17.6. The molecule has 30 heavy (non-hydrogen) atoms. The number of pyridine rings is 2. The highest BCUT2D eigenvalue weighted by atomic mass is 16.5. The number of hydrogen-bond acceptors (Lipinski definition) is 6. The van der Waals surface area contributed by atoms with E-state index in [2.05, 4.69) is 39.9 Å². The molecule has 1 fully saturated rings. The van der Waals surface area contributed by atoms with Crippen molar-refractivity contribution in [2.24, 2.45) is 5.92 Å². The van der Waals surface area contributed by atoms with Gasteiger partial charge >= 0.3 is 5.97 Å². The van der Waals surface area contributed by atoms with Crippen LogP contribution < -0.4 is 15.8 Å². The fourth-order valence-corrected chi connectivity index (χ4v) is 3.54. The summed E-state index contributed by atoms with van der Waals surface area (Å²) in [6, 6.07) is 5.01. The van der Waals surface area contributed by atoms with Crippen molar-refractivity contribution in [1.82, 2.24) is 9.55 Å². The molecule has 0 saturated carbocycles. The first kappa shape index (κ1) is 21.5. The number of anilines is 2. The third-order valence-electron chi connectivity index (χ3n) is 5.35. The van der Waals surface area contributed by atoms with E-state index >= 15 is 0 Å². The monoisotopic (exact) mass is 412 g/mol. The zero-order chi connectivity index (χ0) is 21.7. The van der Waals surface area contributed by atoms with Crippen LogP contribution in [0.15, 0.2) is 41.6 Å². The number of ether oxygens (including phenoxy) is 1. The van der Waals surface area contributed by atoms with Gasteiger partial charge in [-0.15, -0.1) is 0 Å². The Kier molecular flexibility index (Phi) is 6.87. The number of methoxy groups -OCH3 is 1. The van der Waals surface area contributed by atoms with Gasteiger partial charge in [-0.25, -0.2) is 0 Å². The lowest BCUT2D eigenvalue weighted by Gasteiger charge is -2.33. The molecular formula is C22H28N4O4. The number of rotatable bonds is 6. The summed E-state index contributed by atoms with van der Waals surface area (Å²) >= 11 is 0. The van der Waals surface area contributed by atoms with E-state index in [-0.39, 0.29) is 23.9 Å². The van der Waals surface area contributed by atoms with Crippen LogP contribution in [0.1, 0.15) is 38.2 Å². The predicted molar refractivity (Wildman–Crippen MR) is 115 cm³/mol. The van der Waals surface area contributed by atoms with Gasteiger partial charge in [0.05, 0.1) is 30.6 Å². The van der Waals surface area contributed by atoms with Crippen LogP contribution >= 0.6 is 0 Å². The molecule has 2 aromatic heterocycles. The number of hydrogen-bond donors (Lipinski definition) is 1. The SMILES string of the molecule is COC(=O)Cn1cc(NC(=O)[C@H]2CCCN(c3cncc(C(C)C)c3)C2)ccc1=O. The average Bonchev–Trinajstić information content (AvgIpc) is 2.76. The van der Waals surface area contributed by atoms with Crippen LogP contribution in [0.5, 0.6) is 0 Å². The lowest BCUT2D eigenvalue weighted by molar-refractivity contribution is -0.141. The molecule has 1 atom stereocenters. The van der Waals surface area contributed by atoms with E-state index < -0.39 is 5.97 Å². The Morgan fingerprint density at radius 3 is 2.83 bits per heavy atom. The standard InChI is InChI=1S/C22H28N4O4/c1-15(2)17-9-19(11-23-10-17)25-8-4-5-16(12-25)22(29)24-18-6-7-20(27)26(13-18)14-21(28)30-3/h6-7,9-11,13,15-16H,4-5,8,12,14H2,1-3H3,(H,24,29)/t16-/m0/s1. The maximum atomic E-state index is 12.9. The number of carbonyl (C=O) groups excluding carboxylic acids is 2. The summed E-state index contributed by atoms with van der Waals surface area (Å²) in [6.45, 7) is 5.56. The summed E-state index contributed by atoms with van der Waals surface area (Å²) in [7, 11) is 1.26. The first-order chi connectivity index (χ1) is 14.4. The van der Waals surface area contributed by atoms with Crippen LogP contribution in [-0.4, -0.2) is 41.6 Å². The molecule has 3 heterocycles. The number of piperidine rings is 1. The van der Waals surface area contributed by atoms with Crippen molar-refractivity contribution in [3.8, 4) is 0 Å². The van der Waals surface area contributed by atoms with Gasteiger partial charge in [0.25, 0.3) is 5.56 Å². The van der Waals surface area contributed by atoms with Crippen molar-refractivity contribution >= 4 is 23.3 Å². The maximum absolute atomic E-state index is 12.9. The summed E-state index contributed by atoms with van der Waals surface area (Å²) < 4.78 is 5.83. The van der Waals surface area contributed by atoms with Crippen LogP contribution in [0.4, 0.5) is 11.4 Å². The molecule has 0 aliphatic carbocycles. The van der Waals surface area contributed by atoms with Gasteiger partial charge in [-0.1, -0.05) is 13.8 Å². The molecule has 1 saturated heterocycles. The second kappa shape index (κ2) is 9.56. The Morgan fingerprint density at radius 1 is 1.30 bits per heavy atom. The minimum atomic E-state index is -0.527. The van der Waals surface area contributed by atoms with Gasteiger partial charge in [0, 0.05) is 31.5 Å². The fourth-order valence-electron chi connectivity index (χ4n) is 3.54. The molecule has 160 valence electrons. The Morgan fingerprint density at radius 2 is 2.10 bits per heavy atom. The smallest absolute Gasteiger partial charge is 0.325 e. The normalized spacial score (nSPS) is 16.4. The quantitative estimate of drug-likeness (QED) is 0.733. The van der Waals surface area contributed by atoms with Gasteiger partial charge in [0.1, 0.15) is 6.54 Å². The van der Waals surface area contributed by atoms with E-state index in [9.17, 15) is 14.4 Å². The fraction of sp³-hybridized carbons (Fsp3) is 0.455. The molecule has 1 N–H and O–H groups in total. The van der Waals surface area contributed by atoms with Crippen LogP contribution in [0.3, 0.4) is 0 Å². The highest BCUT2D eigenvalue weighted by Gasteiger charge is 2.26. The van der Waals surface area contributed by atoms with Gasteiger partial charge in [0.2, 0.25) is 5.91 Å². The van der Waals surface area contributed by atoms with E-state index in [1.807, 2.05) is 12.4 Å². The second-order valence-electron chi connectivity index (χ2n) is 7.87. The van der Waals surface area contributed by atoms with Crippen molar-refractivity contribution in [1.29, 1.82) is 0 Å². The first-order valence-electron chi connectivity index (χ1n) is 10.2. The van der Waals surface area contributed by atoms with E-state index in [0.717, 1.165) is 25.1 Å². The molecule has 8 nitrogen and oxygen atoms in total. The molecule has 2 aromatic rings. The average molecular weight is 412 g/mol. The molecular weight excluding hydrogens is 384 g/mol. The molecule has 8 heteroatoms. The highest BCUT2D eigenvalue weighted by Crippen LogP contribution is 2.26. The van der Waals surface area contributed by atoms with Gasteiger partial charge < -0.3 is 19.5 Å². The third kappa shape index (κ3) is 5.25. The van der Waals surface area contributed by atoms with Crippen molar-refractivity contribution in [3.05, 3.63) is 52.7 Å². The molecule has 1 aliphatic rings. The molecule has 0 bridgehead atoms. The number of amides is 1. The van der Waals surface area contributed by atoms with E-state index in [1.165, 1.54) is 29.5 Å². The summed E-state index contributed by atoms with van der Waals surface area (Å²) in [4.78, 5) is 42.8. The molecule has 0 unspecified atom stereocenters. The van der Waals surface area contributed by atoms with Crippen molar-refractivity contribution in [2.75, 3.05) is 30.4 Å². The van der Waals surface area contributed by atoms with E-state index in [0.29, 0.717) is 18.2 Å². The van der Waals surface area contributed by atoms with Gasteiger partial charge in [-0.2, -0.15) is 0 Å². The minimum Gasteiger partial charge on any atom is -0.468 e. The van der Waals surface area contributed by atoms with E-state index in [4.69, 9.17) is 0 Å². The highest BCUT2D eigenvalue weighted by molar-refractivity contribution is 5.93. The molecule has 0 aromatic carbocycles. The van der Waals surface area contributed by atoms with Crippen LogP contribution in [0.2, 0.25) is 0 Å². The number of nitrogens with one attached hydrogen (secondary N) is 1. The maximum Gasteiger partial charge on any atom is 0.325 e. The second-order valence-corrected chi connectivity index (χ2v) is 7.87. The number of aromatic nitrogens is 2. The topological polar surface area (TPSA) is 93.5 Å². The Labute approximate surface area is 175 Å². The van der Waals surface area contributed by atoms with Crippen molar-refractivity contribution in [3.63, 3.8) is 0 Å². The summed E-state index contributed by atoms with van der Waals surface area (Å²) in [5.41, 5.74) is 2.35. The summed E-state index contributed by atoms with van der Waals surface area (Å²) in [5.74, 6) is -0.416. The number of nitrogens with zero attached hydrogens (tertiary/aromatic N) is 3. The number of carbonyl (C=O) groups is 2. The van der Waals surface area contributed by atoms with Crippen LogP contribution in [-0.2, 0) is 20.9 Å². The molecule has 3 rings (SSSR count). The Hall–Kier alpha value is -3.16. The molecule has 1 aliphatic heterocycles. The molecule has 1 amide bonds. The van der Waals surface area contributed by atoms with E-state index in [1.54, 1.807) is 6.07 Å². The third-order valence-corrected chi connectivity index (χ3v) is 5.35. The largest absolute Gasteiger partial charge is 0.468 e. The van der Waals surface area contributed by atoms with Gasteiger partial charge in [0.15, 0.2) is 0 Å². The first-order valence-corrected chi connectivity index (χ1v) is 10.2. The summed E-state index contributed by atoms with van der Waals surface area (Å²) in [5, 5.41) is 2.88. The Bertz CT molecular complexity index is 970. The number of esters is 1. The van der Waals surface area contributed by atoms with Crippen LogP contribution in [0.25, 0.3) is 0 Å². The van der Waals surface area contributed by atoms with Gasteiger partial charge in [-0.3, -0.25) is 19.4 Å². The van der Waals surface area contributed by atoms with Gasteiger partial charge in [-0.05, 0) is 36.5 Å². The molecule has 0 radical (unpaired) electrons. The summed E-state index contributed by atoms with van der Waals surface area (Å²) in [6.07, 6.45) is 6.89. The lowest BCUT2D eigenvalue weighted by Crippen LogP contribution is -2.41. The Balaban J connectivity index is 1.68. The molecule has 0 spiro atoms. The van der Waals surface area contributed by atoms with Crippen molar-refractivity contribution < 1.29 is 14.3 Å². The van der Waals surface area contributed by atoms with Crippen LogP contribution in [0, 0.1) is 5.92 Å².